The molecule has 0 spiro atoms. The first-order valence-corrected chi connectivity index (χ1v) is 10.1. The molecule has 0 saturated heterocycles. The maximum absolute atomic E-state index is 13.0. The number of ether oxygens (including phenoxy) is 1. The van der Waals surface area contributed by atoms with Gasteiger partial charge in [0.1, 0.15) is 23.2 Å². The lowest BCUT2D eigenvalue weighted by Crippen LogP contribution is -2.27. The third-order valence-electron chi connectivity index (χ3n) is 5.94. The second kappa shape index (κ2) is 8.38. The van der Waals surface area contributed by atoms with Gasteiger partial charge in [-0.1, -0.05) is 6.92 Å². The Balaban J connectivity index is 2.10. The number of aromatic hydroxyl groups is 1. The Morgan fingerprint density at radius 1 is 1.10 bits per heavy atom. The van der Waals surface area contributed by atoms with Crippen molar-refractivity contribution in [3.63, 3.8) is 0 Å². The summed E-state index contributed by atoms with van der Waals surface area (Å²) in [5.74, 6) is -2.80. The van der Waals surface area contributed by atoms with E-state index in [0.717, 1.165) is 0 Å². The molecule has 0 amide bonds. The van der Waals surface area contributed by atoms with Gasteiger partial charge in [0.25, 0.3) is 5.78 Å². The van der Waals surface area contributed by atoms with E-state index in [9.17, 15) is 24.3 Å². The third kappa shape index (κ3) is 3.99. The Kier molecular flexibility index (Phi) is 6.05. The average Bonchev–Trinajstić information content (AvgIpc) is 2.98. The number of esters is 1. The number of ketones is 3. The van der Waals surface area contributed by atoms with Crippen molar-refractivity contribution in [2.75, 3.05) is 0 Å². The molecule has 1 aliphatic heterocycles. The SMILES string of the molecule is Cc1nc2c3c(c(O)cc2n1C)C(=O)O[C@@H](C)[C@H](C)CCC(=O)C(=O)C(=O)CCC3. The molecule has 1 N–H and O–H groups in total. The van der Waals surface area contributed by atoms with E-state index in [4.69, 9.17) is 4.74 Å². The monoisotopic (exact) mass is 414 g/mol. The molecule has 30 heavy (non-hydrogen) atoms. The Morgan fingerprint density at radius 2 is 1.77 bits per heavy atom. The van der Waals surface area contributed by atoms with Crippen molar-refractivity contribution < 1.29 is 29.0 Å². The van der Waals surface area contributed by atoms with Crippen molar-refractivity contribution in [3.8, 4) is 5.75 Å². The third-order valence-corrected chi connectivity index (χ3v) is 5.94. The molecule has 8 heteroatoms. The number of phenolic OH excluding ortho intramolecular Hbond substituents is 1. The molecule has 160 valence electrons. The van der Waals surface area contributed by atoms with Crippen LogP contribution in [0.25, 0.3) is 11.0 Å². The molecule has 1 aromatic heterocycles. The van der Waals surface area contributed by atoms with E-state index in [1.807, 2.05) is 6.92 Å². The summed E-state index contributed by atoms with van der Waals surface area (Å²) in [5.41, 5.74) is 1.70. The Bertz CT molecular complexity index is 1050. The van der Waals surface area contributed by atoms with E-state index in [-0.39, 0.29) is 42.9 Å². The molecule has 2 aromatic rings. The summed E-state index contributed by atoms with van der Waals surface area (Å²) < 4.78 is 7.38. The molecule has 1 aromatic carbocycles. The van der Waals surface area contributed by atoms with Crippen molar-refractivity contribution in [1.29, 1.82) is 0 Å². The number of Topliss-reactive ketones (excluding diaryl/α,β-unsaturated/α-hetero) is 3. The van der Waals surface area contributed by atoms with Crippen LogP contribution in [0.2, 0.25) is 0 Å². The van der Waals surface area contributed by atoms with Crippen LogP contribution in [0.1, 0.15) is 61.3 Å². The fourth-order valence-corrected chi connectivity index (χ4v) is 3.71. The predicted octanol–water partition coefficient (Wildman–Crippen LogP) is 2.59. The van der Waals surface area contributed by atoms with Crippen molar-refractivity contribution in [3.05, 3.63) is 23.0 Å². The summed E-state index contributed by atoms with van der Waals surface area (Å²) in [6.07, 6.45) is 0.0368. The number of nitrogens with zero attached hydrogens (tertiary/aromatic N) is 2. The number of aromatic nitrogens is 2. The van der Waals surface area contributed by atoms with E-state index >= 15 is 0 Å². The molecule has 1 aliphatic rings. The molecule has 0 radical (unpaired) electrons. The van der Waals surface area contributed by atoms with Gasteiger partial charge in [0.15, 0.2) is 0 Å². The van der Waals surface area contributed by atoms with E-state index in [0.29, 0.717) is 28.8 Å². The van der Waals surface area contributed by atoms with Crippen LogP contribution in [0, 0.1) is 12.8 Å². The van der Waals surface area contributed by atoms with Crippen LogP contribution in [0.3, 0.4) is 0 Å². The molecule has 8 nitrogen and oxygen atoms in total. The zero-order chi connectivity index (χ0) is 22.2. The van der Waals surface area contributed by atoms with Gasteiger partial charge in [-0.05, 0) is 44.6 Å². The smallest absolute Gasteiger partial charge is 0.342 e. The van der Waals surface area contributed by atoms with Crippen LogP contribution in [0.4, 0.5) is 0 Å². The van der Waals surface area contributed by atoms with E-state index in [2.05, 4.69) is 4.98 Å². The first kappa shape index (κ1) is 21.7. The van der Waals surface area contributed by atoms with Crippen LogP contribution in [0.15, 0.2) is 6.07 Å². The van der Waals surface area contributed by atoms with Crippen molar-refractivity contribution in [1.82, 2.24) is 9.55 Å². The minimum absolute atomic E-state index is 0.0339. The number of cyclic esters (lactones) is 1. The second-order valence-electron chi connectivity index (χ2n) is 7.99. The van der Waals surface area contributed by atoms with Crippen LogP contribution >= 0.6 is 0 Å². The number of hydrogen-bond donors (Lipinski definition) is 1. The van der Waals surface area contributed by atoms with Gasteiger partial charge < -0.3 is 14.4 Å². The summed E-state index contributed by atoms with van der Waals surface area (Å²) in [5, 5.41) is 10.6. The number of aryl methyl sites for hydroxylation is 3. The fourth-order valence-electron chi connectivity index (χ4n) is 3.71. The molecule has 0 saturated carbocycles. The lowest BCUT2D eigenvalue weighted by Gasteiger charge is -2.21. The van der Waals surface area contributed by atoms with Gasteiger partial charge in [-0.15, -0.1) is 0 Å². The molecule has 2 heterocycles. The molecule has 2 atom stereocenters. The van der Waals surface area contributed by atoms with Gasteiger partial charge in [-0.25, -0.2) is 9.78 Å². The molecular weight excluding hydrogens is 388 g/mol. The summed E-state index contributed by atoms with van der Waals surface area (Å²) in [6.45, 7) is 5.31. The van der Waals surface area contributed by atoms with Crippen LogP contribution in [-0.2, 0) is 32.6 Å². The van der Waals surface area contributed by atoms with Gasteiger partial charge >= 0.3 is 5.97 Å². The Morgan fingerprint density at radius 3 is 2.47 bits per heavy atom. The van der Waals surface area contributed by atoms with Crippen LogP contribution < -0.4 is 0 Å². The number of carbonyl (C=O) groups is 4. The van der Waals surface area contributed by atoms with Gasteiger partial charge in [-0.3, -0.25) is 14.4 Å². The summed E-state index contributed by atoms with van der Waals surface area (Å²) >= 11 is 0. The van der Waals surface area contributed by atoms with Gasteiger partial charge in [0.05, 0.1) is 11.0 Å². The van der Waals surface area contributed by atoms with E-state index < -0.39 is 29.4 Å². The quantitative estimate of drug-likeness (QED) is 0.520. The van der Waals surface area contributed by atoms with Crippen LogP contribution in [-0.4, -0.2) is 44.1 Å². The molecule has 3 rings (SSSR count). The van der Waals surface area contributed by atoms with Crippen molar-refractivity contribution in [2.24, 2.45) is 13.0 Å². The zero-order valence-corrected chi connectivity index (χ0v) is 17.7. The molecule has 0 aliphatic carbocycles. The number of imidazole rings is 1. The van der Waals surface area contributed by atoms with E-state index in [1.165, 1.54) is 6.07 Å². The molecule has 0 unspecified atom stereocenters. The highest BCUT2D eigenvalue weighted by atomic mass is 16.5. The van der Waals surface area contributed by atoms with Crippen molar-refractivity contribution in [2.45, 2.75) is 59.0 Å². The van der Waals surface area contributed by atoms with Gasteiger partial charge in [-0.2, -0.15) is 0 Å². The van der Waals surface area contributed by atoms with E-state index in [1.54, 1.807) is 25.5 Å². The highest BCUT2D eigenvalue weighted by Crippen LogP contribution is 2.33. The number of benzene rings is 1. The number of hydrogen-bond acceptors (Lipinski definition) is 7. The summed E-state index contributed by atoms with van der Waals surface area (Å²) in [6, 6.07) is 1.49. The molecule has 0 fully saturated rings. The topological polar surface area (TPSA) is 116 Å². The Labute approximate surface area is 174 Å². The zero-order valence-electron chi connectivity index (χ0n) is 17.7. The number of phenols is 1. The first-order chi connectivity index (χ1) is 14.1. The highest BCUT2D eigenvalue weighted by molar-refractivity contribution is 6.63. The number of rotatable bonds is 0. The average molecular weight is 414 g/mol. The predicted molar refractivity (Wildman–Crippen MR) is 108 cm³/mol. The van der Waals surface area contributed by atoms with Crippen LogP contribution in [0.5, 0.6) is 5.75 Å². The maximum Gasteiger partial charge on any atom is 0.342 e. The normalized spacial score (nSPS) is 22.0. The largest absolute Gasteiger partial charge is 0.507 e. The summed E-state index contributed by atoms with van der Waals surface area (Å²) in [4.78, 5) is 53.8. The summed E-state index contributed by atoms with van der Waals surface area (Å²) in [7, 11) is 1.80. The van der Waals surface area contributed by atoms with Crippen molar-refractivity contribution >= 4 is 34.4 Å². The standard InChI is InChI=1S/C22H26N2O6/c1-11-8-9-17(26)21(28)16(25)7-5-6-14-19(22(29)30-12(11)2)18(27)10-15-20(14)23-13(3)24(15)4/h10-12,27H,5-9H2,1-4H3/t11-,12+/m1/s1. The molecule has 0 bridgehead atoms. The highest BCUT2D eigenvalue weighted by Gasteiger charge is 2.29. The maximum atomic E-state index is 13.0. The van der Waals surface area contributed by atoms with Gasteiger partial charge in [0, 0.05) is 26.0 Å². The fraction of sp³-hybridized carbons (Fsp3) is 0.500. The van der Waals surface area contributed by atoms with Gasteiger partial charge in [0.2, 0.25) is 11.6 Å². The Hall–Kier alpha value is -3.03. The number of fused-ring (bicyclic) bond motifs is 3. The second-order valence-corrected chi connectivity index (χ2v) is 7.99. The lowest BCUT2D eigenvalue weighted by atomic mass is 9.94. The minimum atomic E-state index is -0.973. The lowest BCUT2D eigenvalue weighted by molar-refractivity contribution is -0.144. The minimum Gasteiger partial charge on any atom is -0.507 e. The first-order valence-electron chi connectivity index (χ1n) is 10.1. The number of carbonyl (C=O) groups excluding carboxylic acids is 4. The molecular formula is C22H26N2O6.